The third-order valence-corrected chi connectivity index (χ3v) is 7.29. The summed E-state index contributed by atoms with van der Waals surface area (Å²) in [5, 5.41) is 6.55. The number of nitrogens with one attached hydrogen (secondary N) is 1. The number of hydrogen-bond donors (Lipinski definition) is 1. The number of carbonyl (C=O) groups excluding carboxylic acids is 3. The van der Waals surface area contributed by atoms with Crippen LogP contribution in [0.2, 0.25) is 5.02 Å². The van der Waals surface area contributed by atoms with Crippen LogP contribution < -0.4 is 5.32 Å². The van der Waals surface area contributed by atoms with E-state index in [1.807, 2.05) is 78.9 Å². The maximum atomic E-state index is 14.0. The fourth-order valence-electron chi connectivity index (χ4n) is 5.12. The number of halogens is 1. The lowest BCUT2D eigenvalue weighted by Crippen LogP contribution is -2.74. The molecule has 2 heterocycles. The second-order valence-corrected chi connectivity index (χ2v) is 9.83. The average molecular weight is 542 g/mol. The lowest BCUT2D eigenvalue weighted by molar-refractivity contribution is -0.190. The molecule has 5 rings (SSSR count). The number of piperazine rings is 1. The number of hydrazine groups is 1. The summed E-state index contributed by atoms with van der Waals surface area (Å²) in [6.07, 6.45) is 4.86. The van der Waals surface area contributed by atoms with Gasteiger partial charge in [-0.2, -0.15) is 5.01 Å². The van der Waals surface area contributed by atoms with E-state index in [4.69, 9.17) is 18.0 Å². The summed E-state index contributed by atoms with van der Waals surface area (Å²) in [5.74, 6) is 2.05. The van der Waals surface area contributed by atoms with E-state index in [9.17, 15) is 14.4 Å². The minimum Gasteiger partial charge on any atom is -0.333 e. The van der Waals surface area contributed by atoms with Gasteiger partial charge in [0, 0.05) is 18.1 Å². The zero-order valence-corrected chi connectivity index (χ0v) is 22.0. The second kappa shape index (κ2) is 11.6. The number of benzene rings is 3. The second-order valence-electron chi connectivity index (χ2n) is 9.42. The molecule has 198 valence electrons. The fourth-order valence-corrected chi connectivity index (χ4v) is 5.31. The summed E-state index contributed by atoms with van der Waals surface area (Å²) in [4.78, 5) is 44.4. The van der Waals surface area contributed by atoms with Gasteiger partial charge in [-0.15, -0.1) is 6.42 Å². The average Bonchev–Trinajstić information content (AvgIpc) is 2.95. The molecule has 0 radical (unpaired) electrons. The maximum absolute atomic E-state index is 14.0. The van der Waals surface area contributed by atoms with Crippen LogP contribution in [0.5, 0.6) is 0 Å². The molecular weight excluding hydrogens is 514 g/mol. The summed E-state index contributed by atoms with van der Waals surface area (Å²) in [6, 6.07) is 24.7. The SMILES string of the molecule is C#CCN1CC(=O)N2[C@@H](c3ccccc3)C(=O)N(Cc3ccccc3Cl)C[C@@H]2N1C(=O)NCc1ccccc1. The number of fused-ring (bicyclic) bond motifs is 1. The van der Waals surface area contributed by atoms with Crippen molar-refractivity contribution in [1.82, 2.24) is 25.1 Å². The van der Waals surface area contributed by atoms with E-state index in [1.54, 1.807) is 16.0 Å². The van der Waals surface area contributed by atoms with Gasteiger partial charge < -0.3 is 15.1 Å². The van der Waals surface area contributed by atoms with Gasteiger partial charge in [0.15, 0.2) is 0 Å². The van der Waals surface area contributed by atoms with Gasteiger partial charge in [-0.1, -0.05) is 96.4 Å². The minimum atomic E-state index is -0.905. The number of terminal acetylenes is 1. The Labute approximate surface area is 232 Å². The Morgan fingerprint density at radius 3 is 2.33 bits per heavy atom. The van der Waals surface area contributed by atoms with Crippen LogP contribution in [-0.2, 0) is 22.7 Å². The van der Waals surface area contributed by atoms with Crippen molar-refractivity contribution < 1.29 is 14.4 Å². The molecule has 0 saturated carbocycles. The maximum Gasteiger partial charge on any atom is 0.334 e. The Bertz CT molecular complexity index is 1390. The normalized spacial score (nSPS) is 19.4. The van der Waals surface area contributed by atoms with Gasteiger partial charge in [-0.05, 0) is 22.8 Å². The Morgan fingerprint density at radius 1 is 0.974 bits per heavy atom. The van der Waals surface area contributed by atoms with E-state index >= 15 is 0 Å². The first-order valence-electron chi connectivity index (χ1n) is 12.7. The first-order chi connectivity index (χ1) is 19.0. The van der Waals surface area contributed by atoms with E-state index < -0.39 is 18.2 Å². The molecule has 39 heavy (non-hydrogen) atoms. The Kier molecular flexibility index (Phi) is 7.82. The molecule has 0 unspecified atom stereocenters. The number of hydrogen-bond acceptors (Lipinski definition) is 4. The third kappa shape index (κ3) is 5.46. The molecule has 2 fully saturated rings. The smallest absolute Gasteiger partial charge is 0.333 e. The molecular formula is C30H28ClN5O3. The van der Waals surface area contributed by atoms with Crippen LogP contribution in [0.1, 0.15) is 22.7 Å². The predicted octanol–water partition coefficient (Wildman–Crippen LogP) is 3.65. The summed E-state index contributed by atoms with van der Waals surface area (Å²) in [6.45, 7) is 0.558. The van der Waals surface area contributed by atoms with Crippen molar-refractivity contribution in [2.75, 3.05) is 19.6 Å². The van der Waals surface area contributed by atoms with Gasteiger partial charge in [0.1, 0.15) is 12.2 Å². The van der Waals surface area contributed by atoms with Gasteiger partial charge in [0.05, 0.1) is 19.6 Å². The Balaban J connectivity index is 1.52. The van der Waals surface area contributed by atoms with E-state index in [1.165, 1.54) is 9.91 Å². The number of rotatable bonds is 6. The molecule has 2 atom stereocenters. The first kappa shape index (κ1) is 26.3. The van der Waals surface area contributed by atoms with Gasteiger partial charge in [0.2, 0.25) is 5.91 Å². The van der Waals surface area contributed by atoms with Crippen LogP contribution >= 0.6 is 11.6 Å². The molecule has 3 aromatic rings. The van der Waals surface area contributed by atoms with E-state index in [0.717, 1.165) is 11.1 Å². The van der Waals surface area contributed by atoms with Crippen molar-refractivity contribution in [3.05, 3.63) is 107 Å². The molecule has 9 heteroatoms. The molecule has 2 saturated heterocycles. The van der Waals surface area contributed by atoms with Crippen molar-refractivity contribution >= 4 is 29.4 Å². The van der Waals surface area contributed by atoms with Crippen molar-refractivity contribution in [3.8, 4) is 12.3 Å². The van der Waals surface area contributed by atoms with Crippen molar-refractivity contribution in [3.63, 3.8) is 0 Å². The molecule has 0 bridgehead atoms. The zero-order chi connectivity index (χ0) is 27.4. The van der Waals surface area contributed by atoms with Gasteiger partial charge >= 0.3 is 6.03 Å². The molecule has 1 N–H and O–H groups in total. The molecule has 0 aliphatic carbocycles. The highest BCUT2D eigenvalue weighted by Crippen LogP contribution is 2.35. The highest BCUT2D eigenvalue weighted by Gasteiger charge is 2.51. The Morgan fingerprint density at radius 2 is 1.64 bits per heavy atom. The molecule has 2 aliphatic heterocycles. The molecule has 2 aliphatic rings. The van der Waals surface area contributed by atoms with Gasteiger partial charge in [-0.3, -0.25) is 9.59 Å². The summed E-state index contributed by atoms with van der Waals surface area (Å²) < 4.78 is 0. The number of carbonyl (C=O) groups is 3. The standard InChI is InChI=1S/C30H28ClN5O3/c1-2-17-34-21-27(37)35-26(36(34)30(39)32-18-22-11-5-3-6-12-22)20-33(19-24-15-9-10-16-25(24)31)29(38)28(35)23-13-7-4-8-14-23/h1,3-16,26,28H,17-21H2,(H,32,39)/t26-,28-/m0/s1. The third-order valence-electron chi connectivity index (χ3n) is 6.92. The molecule has 0 aromatic heterocycles. The fraction of sp³-hybridized carbons (Fsp3) is 0.233. The lowest BCUT2D eigenvalue weighted by Gasteiger charge is -2.55. The Hall–Kier alpha value is -4.32. The zero-order valence-electron chi connectivity index (χ0n) is 21.2. The monoisotopic (exact) mass is 541 g/mol. The van der Waals surface area contributed by atoms with Crippen LogP contribution in [0.3, 0.4) is 0 Å². The van der Waals surface area contributed by atoms with Crippen LogP contribution in [0.25, 0.3) is 0 Å². The summed E-state index contributed by atoms with van der Waals surface area (Å²) in [7, 11) is 0. The summed E-state index contributed by atoms with van der Waals surface area (Å²) >= 11 is 6.44. The predicted molar refractivity (Wildman–Crippen MR) is 148 cm³/mol. The number of urea groups is 1. The molecule has 0 spiro atoms. The highest BCUT2D eigenvalue weighted by atomic mass is 35.5. The molecule has 4 amide bonds. The van der Waals surface area contributed by atoms with Crippen molar-refractivity contribution in [1.29, 1.82) is 0 Å². The lowest BCUT2D eigenvalue weighted by atomic mass is 9.98. The van der Waals surface area contributed by atoms with Crippen LogP contribution in [-0.4, -0.2) is 63.5 Å². The topological polar surface area (TPSA) is 76.2 Å². The van der Waals surface area contributed by atoms with Gasteiger partial charge in [-0.25, -0.2) is 9.80 Å². The molecule has 3 aromatic carbocycles. The van der Waals surface area contributed by atoms with Crippen molar-refractivity contribution in [2.24, 2.45) is 0 Å². The largest absolute Gasteiger partial charge is 0.334 e. The van der Waals surface area contributed by atoms with E-state index in [0.29, 0.717) is 17.1 Å². The van der Waals surface area contributed by atoms with Crippen molar-refractivity contribution in [2.45, 2.75) is 25.3 Å². The number of nitrogens with zero attached hydrogens (tertiary/aromatic N) is 4. The highest BCUT2D eigenvalue weighted by molar-refractivity contribution is 6.31. The minimum absolute atomic E-state index is 0.0588. The molecule has 8 nitrogen and oxygen atoms in total. The quantitative estimate of drug-likeness (QED) is 0.483. The van der Waals surface area contributed by atoms with Crippen LogP contribution in [0, 0.1) is 12.3 Å². The van der Waals surface area contributed by atoms with Crippen LogP contribution in [0.4, 0.5) is 4.79 Å². The van der Waals surface area contributed by atoms with E-state index in [-0.39, 0.29) is 38.0 Å². The number of amides is 4. The first-order valence-corrected chi connectivity index (χ1v) is 13.0. The van der Waals surface area contributed by atoms with Crippen LogP contribution in [0.15, 0.2) is 84.9 Å². The summed E-state index contributed by atoms with van der Waals surface area (Å²) in [5.41, 5.74) is 2.37. The van der Waals surface area contributed by atoms with Gasteiger partial charge in [0.25, 0.3) is 5.91 Å². The van der Waals surface area contributed by atoms with E-state index in [2.05, 4.69) is 11.2 Å².